The first kappa shape index (κ1) is 10.7. The van der Waals surface area contributed by atoms with E-state index in [9.17, 15) is 13.2 Å². The maximum Gasteiger partial charge on any atom is 0.449 e. The summed E-state index contributed by atoms with van der Waals surface area (Å²) in [7, 11) is 0. The average molecular weight is 226 g/mol. The molecule has 0 aliphatic rings. The van der Waals surface area contributed by atoms with Gasteiger partial charge < -0.3 is 4.57 Å². The Morgan fingerprint density at radius 1 is 1.12 bits per heavy atom. The second-order valence-electron chi connectivity index (χ2n) is 3.36. The van der Waals surface area contributed by atoms with Gasteiger partial charge in [0.15, 0.2) is 0 Å². The molecule has 0 aliphatic carbocycles. The lowest BCUT2D eigenvalue weighted by atomic mass is 10.2. The summed E-state index contributed by atoms with van der Waals surface area (Å²) in [4.78, 5) is 3.32. The van der Waals surface area contributed by atoms with Crippen LogP contribution in [-0.4, -0.2) is 9.55 Å². The van der Waals surface area contributed by atoms with Crippen molar-refractivity contribution in [2.24, 2.45) is 0 Å². The molecule has 0 radical (unpaired) electrons. The van der Waals surface area contributed by atoms with Crippen molar-refractivity contribution in [1.29, 1.82) is 0 Å². The number of hydrogen-bond donors (Lipinski definition) is 0. The maximum absolute atomic E-state index is 12.5. The largest absolute Gasteiger partial charge is 0.449 e. The SMILES string of the molecule is FC(F)(F)c1nccn1Cc1ccccc1. The fourth-order valence-corrected chi connectivity index (χ4v) is 1.47. The molecule has 84 valence electrons. The van der Waals surface area contributed by atoms with Crippen molar-refractivity contribution in [2.45, 2.75) is 12.7 Å². The zero-order valence-corrected chi connectivity index (χ0v) is 8.28. The maximum atomic E-state index is 12.5. The lowest BCUT2D eigenvalue weighted by molar-refractivity contribution is -0.147. The van der Waals surface area contributed by atoms with Crippen molar-refractivity contribution in [3.63, 3.8) is 0 Å². The van der Waals surface area contributed by atoms with E-state index in [1.54, 1.807) is 24.3 Å². The Balaban J connectivity index is 2.26. The normalized spacial score (nSPS) is 11.7. The van der Waals surface area contributed by atoms with Crippen molar-refractivity contribution >= 4 is 0 Å². The summed E-state index contributed by atoms with van der Waals surface area (Å²) in [5.41, 5.74) is 0.811. The van der Waals surface area contributed by atoms with Gasteiger partial charge in [-0.05, 0) is 5.56 Å². The van der Waals surface area contributed by atoms with Gasteiger partial charge in [0.05, 0.1) is 0 Å². The Hall–Kier alpha value is -1.78. The molecule has 2 nitrogen and oxygen atoms in total. The molecular weight excluding hydrogens is 217 g/mol. The first-order chi connectivity index (χ1) is 7.57. The minimum Gasteiger partial charge on any atom is -0.323 e. The van der Waals surface area contributed by atoms with Crippen LogP contribution in [0.2, 0.25) is 0 Å². The summed E-state index contributed by atoms with van der Waals surface area (Å²) in [5.74, 6) is -0.864. The van der Waals surface area contributed by atoms with E-state index < -0.39 is 12.0 Å². The highest BCUT2D eigenvalue weighted by Crippen LogP contribution is 2.27. The third kappa shape index (κ3) is 2.24. The molecule has 0 fully saturated rings. The van der Waals surface area contributed by atoms with E-state index in [2.05, 4.69) is 4.98 Å². The van der Waals surface area contributed by atoms with E-state index in [1.807, 2.05) is 6.07 Å². The number of aromatic nitrogens is 2. The Morgan fingerprint density at radius 2 is 1.81 bits per heavy atom. The highest BCUT2D eigenvalue weighted by molar-refractivity contribution is 5.16. The molecule has 0 atom stereocenters. The lowest BCUT2D eigenvalue weighted by Crippen LogP contribution is -2.15. The number of rotatable bonds is 2. The molecule has 0 bridgehead atoms. The predicted octanol–water partition coefficient (Wildman–Crippen LogP) is 2.95. The van der Waals surface area contributed by atoms with Crippen LogP contribution in [0.1, 0.15) is 11.4 Å². The van der Waals surface area contributed by atoms with Crippen LogP contribution in [0.15, 0.2) is 42.7 Å². The Morgan fingerprint density at radius 3 is 2.44 bits per heavy atom. The molecule has 0 N–H and O–H groups in total. The van der Waals surface area contributed by atoms with Gasteiger partial charge in [0.1, 0.15) is 0 Å². The fraction of sp³-hybridized carbons (Fsp3) is 0.182. The molecule has 1 aromatic heterocycles. The molecule has 0 saturated heterocycles. The quantitative estimate of drug-likeness (QED) is 0.769. The van der Waals surface area contributed by atoms with Gasteiger partial charge >= 0.3 is 6.18 Å². The number of nitrogens with zero attached hydrogens (tertiary/aromatic N) is 2. The molecular formula is C11H9F3N2. The van der Waals surface area contributed by atoms with E-state index >= 15 is 0 Å². The molecule has 0 amide bonds. The van der Waals surface area contributed by atoms with Crippen LogP contribution in [0.5, 0.6) is 0 Å². The van der Waals surface area contributed by atoms with Gasteiger partial charge in [0.2, 0.25) is 5.82 Å². The standard InChI is InChI=1S/C11H9F3N2/c12-11(13,14)10-15-6-7-16(10)8-9-4-2-1-3-5-9/h1-7H,8H2. The molecule has 0 saturated carbocycles. The summed E-state index contributed by atoms with van der Waals surface area (Å²) in [5, 5.41) is 0. The Kier molecular flexibility index (Phi) is 2.68. The first-order valence-electron chi connectivity index (χ1n) is 4.69. The molecule has 5 heteroatoms. The van der Waals surface area contributed by atoms with Gasteiger partial charge in [-0.15, -0.1) is 0 Å². The van der Waals surface area contributed by atoms with Gasteiger partial charge in [-0.25, -0.2) is 4.98 Å². The van der Waals surface area contributed by atoms with Gasteiger partial charge in [-0.2, -0.15) is 13.2 Å². The van der Waals surface area contributed by atoms with Crippen molar-refractivity contribution in [3.05, 3.63) is 54.1 Å². The number of halogens is 3. The highest BCUT2D eigenvalue weighted by Gasteiger charge is 2.35. The molecule has 1 aromatic carbocycles. The van der Waals surface area contributed by atoms with Crippen LogP contribution < -0.4 is 0 Å². The smallest absolute Gasteiger partial charge is 0.323 e. The molecule has 2 aromatic rings. The van der Waals surface area contributed by atoms with Crippen molar-refractivity contribution in [3.8, 4) is 0 Å². The van der Waals surface area contributed by atoms with E-state index in [0.717, 1.165) is 16.3 Å². The molecule has 1 heterocycles. The molecule has 0 spiro atoms. The minimum absolute atomic E-state index is 0.176. The van der Waals surface area contributed by atoms with Crippen molar-refractivity contribution in [2.75, 3.05) is 0 Å². The van der Waals surface area contributed by atoms with E-state index in [4.69, 9.17) is 0 Å². The van der Waals surface area contributed by atoms with Crippen LogP contribution >= 0.6 is 0 Å². The van der Waals surface area contributed by atoms with Gasteiger partial charge in [-0.1, -0.05) is 30.3 Å². The average Bonchev–Trinajstić information content (AvgIpc) is 2.67. The number of benzene rings is 1. The summed E-state index contributed by atoms with van der Waals surface area (Å²) in [6.45, 7) is 0.176. The van der Waals surface area contributed by atoms with E-state index in [-0.39, 0.29) is 6.54 Å². The molecule has 0 unspecified atom stereocenters. The summed E-state index contributed by atoms with van der Waals surface area (Å²) in [6, 6.07) is 8.96. The van der Waals surface area contributed by atoms with Crippen LogP contribution in [0.25, 0.3) is 0 Å². The van der Waals surface area contributed by atoms with E-state index in [0.29, 0.717) is 0 Å². The molecule has 16 heavy (non-hydrogen) atoms. The second-order valence-corrected chi connectivity index (χ2v) is 3.36. The van der Waals surface area contributed by atoms with Crippen molar-refractivity contribution in [1.82, 2.24) is 9.55 Å². The minimum atomic E-state index is -4.40. The van der Waals surface area contributed by atoms with Crippen LogP contribution in [-0.2, 0) is 12.7 Å². The highest BCUT2D eigenvalue weighted by atomic mass is 19.4. The third-order valence-corrected chi connectivity index (χ3v) is 2.16. The van der Waals surface area contributed by atoms with Crippen molar-refractivity contribution < 1.29 is 13.2 Å². The number of alkyl halides is 3. The summed E-state index contributed by atoms with van der Waals surface area (Å²) in [6.07, 6.45) is -1.92. The van der Waals surface area contributed by atoms with Crippen LogP contribution in [0.4, 0.5) is 13.2 Å². The van der Waals surface area contributed by atoms with Gasteiger partial charge in [0, 0.05) is 18.9 Å². The number of imidazole rings is 1. The van der Waals surface area contributed by atoms with E-state index in [1.165, 1.54) is 6.20 Å². The van der Waals surface area contributed by atoms with Crippen LogP contribution in [0, 0.1) is 0 Å². The fourth-order valence-electron chi connectivity index (χ4n) is 1.47. The zero-order chi connectivity index (χ0) is 11.6. The second kappa shape index (κ2) is 4.00. The summed E-state index contributed by atoms with van der Waals surface area (Å²) < 4.78 is 38.6. The Bertz CT molecular complexity index is 460. The Labute approximate surface area is 90.4 Å². The number of hydrogen-bond acceptors (Lipinski definition) is 1. The van der Waals surface area contributed by atoms with Gasteiger partial charge in [-0.3, -0.25) is 0 Å². The predicted molar refractivity (Wildman–Crippen MR) is 52.8 cm³/mol. The first-order valence-corrected chi connectivity index (χ1v) is 4.69. The van der Waals surface area contributed by atoms with Gasteiger partial charge in [0.25, 0.3) is 0 Å². The topological polar surface area (TPSA) is 17.8 Å². The monoisotopic (exact) mass is 226 g/mol. The lowest BCUT2D eigenvalue weighted by Gasteiger charge is -2.10. The molecule has 2 rings (SSSR count). The van der Waals surface area contributed by atoms with Crippen LogP contribution in [0.3, 0.4) is 0 Å². The summed E-state index contributed by atoms with van der Waals surface area (Å²) >= 11 is 0. The zero-order valence-electron chi connectivity index (χ0n) is 8.28. The third-order valence-electron chi connectivity index (χ3n) is 2.16. The molecule has 0 aliphatic heterocycles.